The Morgan fingerprint density at radius 2 is 1.78 bits per heavy atom. The van der Waals surface area contributed by atoms with E-state index in [-0.39, 0.29) is 5.78 Å². The molecule has 0 aromatic heterocycles. The van der Waals surface area contributed by atoms with Crippen molar-refractivity contribution in [1.29, 1.82) is 0 Å². The molecule has 2 aromatic carbocycles. The minimum absolute atomic E-state index is 0.0624. The van der Waals surface area contributed by atoms with Gasteiger partial charge < -0.3 is 0 Å². The van der Waals surface area contributed by atoms with Crippen LogP contribution in [0.2, 0.25) is 10.0 Å². The highest BCUT2D eigenvalue weighted by Crippen LogP contribution is 2.32. The second-order valence-electron chi connectivity index (χ2n) is 3.95. The Labute approximate surface area is 116 Å². The number of Topliss-reactive ketones (excluding diaryl/α,β-unsaturated/α-hetero) is 1. The number of ketones is 1. The molecule has 18 heavy (non-hydrogen) atoms. The molecule has 0 amide bonds. The van der Waals surface area contributed by atoms with E-state index in [0.29, 0.717) is 22.0 Å². The van der Waals surface area contributed by atoms with E-state index < -0.39 is 0 Å². The summed E-state index contributed by atoms with van der Waals surface area (Å²) in [5.41, 5.74) is 2.31. The zero-order chi connectivity index (χ0) is 13.1. The van der Waals surface area contributed by atoms with Gasteiger partial charge in [0.2, 0.25) is 0 Å². The molecule has 0 heterocycles. The first-order valence-electron chi connectivity index (χ1n) is 5.71. The molecule has 0 saturated heterocycles. The van der Waals surface area contributed by atoms with Crippen molar-refractivity contribution in [2.24, 2.45) is 0 Å². The zero-order valence-corrected chi connectivity index (χ0v) is 11.4. The number of rotatable bonds is 3. The smallest absolute Gasteiger partial charge is 0.163 e. The molecular weight excluding hydrogens is 267 g/mol. The Hall–Kier alpha value is -1.31. The van der Waals surface area contributed by atoms with Gasteiger partial charge in [-0.2, -0.15) is 0 Å². The summed E-state index contributed by atoms with van der Waals surface area (Å²) in [4.78, 5) is 12.0. The van der Waals surface area contributed by atoms with E-state index >= 15 is 0 Å². The third-order valence-corrected chi connectivity index (χ3v) is 3.33. The summed E-state index contributed by atoms with van der Waals surface area (Å²) < 4.78 is 0. The number of hydrogen-bond donors (Lipinski definition) is 0. The van der Waals surface area contributed by atoms with E-state index in [1.165, 1.54) is 0 Å². The Bertz CT molecular complexity index is 591. The lowest BCUT2D eigenvalue weighted by Gasteiger charge is -2.10. The number of hydrogen-bond acceptors (Lipinski definition) is 1. The fourth-order valence-electron chi connectivity index (χ4n) is 1.85. The van der Waals surface area contributed by atoms with Gasteiger partial charge in [-0.15, -0.1) is 0 Å². The third-order valence-electron chi connectivity index (χ3n) is 2.77. The van der Waals surface area contributed by atoms with Crippen molar-refractivity contribution in [2.45, 2.75) is 13.3 Å². The van der Waals surface area contributed by atoms with Crippen molar-refractivity contribution in [3.8, 4) is 11.1 Å². The van der Waals surface area contributed by atoms with Gasteiger partial charge in [-0.3, -0.25) is 4.79 Å². The Balaban J connectivity index is 2.64. The highest BCUT2D eigenvalue weighted by atomic mass is 35.5. The van der Waals surface area contributed by atoms with Crippen LogP contribution in [0.5, 0.6) is 0 Å². The summed E-state index contributed by atoms with van der Waals surface area (Å²) in [7, 11) is 0. The fourth-order valence-corrected chi connectivity index (χ4v) is 2.26. The number of halogens is 2. The highest BCUT2D eigenvalue weighted by molar-refractivity contribution is 6.34. The van der Waals surface area contributed by atoms with Gasteiger partial charge >= 0.3 is 0 Å². The van der Waals surface area contributed by atoms with Crippen LogP contribution in [-0.4, -0.2) is 5.78 Å². The SMILES string of the molecule is CCC(=O)c1cc(Cl)ccc1-c1ccccc1Cl. The fraction of sp³-hybridized carbons (Fsp3) is 0.133. The van der Waals surface area contributed by atoms with Crippen molar-refractivity contribution >= 4 is 29.0 Å². The topological polar surface area (TPSA) is 17.1 Å². The summed E-state index contributed by atoms with van der Waals surface area (Å²) in [6, 6.07) is 12.8. The van der Waals surface area contributed by atoms with Gasteiger partial charge in [0.15, 0.2) is 5.78 Å². The average Bonchev–Trinajstić information content (AvgIpc) is 2.39. The maximum atomic E-state index is 12.0. The van der Waals surface area contributed by atoms with Crippen LogP contribution in [0.1, 0.15) is 23.7 Å². The van der Waals surface area contributed by atoms with Crippen molar-refractivity contribution in [1.82, 2.24) is 0 Å². The maximum absolute atomic E-state index is 12.0. The number of benzene rings is 2. The van der Waals surface area contributed by atoms with E-state index in [4.69, 9.17) is 23.2 Å². The second kappa shape index (κ2) is 5.55. The summed E-state index contributed by atoms with van der Waals surface area (Å²) in [6.07, 6.45) is 0.442. The standard InChI is InChI=1S/C15H12Cl2O/c1-2-15(18)13-9-10(16)7-8-11(13)12-5-3-4-6-14(12)17/h3-9H,2H2,1H3. The molecule has 92 valence electrons. The molecule has 3 heteroatoms. The van der Waals surface area contributed by atoms with Crippen molar-refractivity contribution in [3.63, 3.8) is 0 Å². The molecule has 0 fully saturated rings. The first kappa shape index (κ1) is 13.1. The minimum atomic E-state index is 0.0624. The molecule has 0 radical (unpaired) electrons. The van der Waals surface area contributed by atoms with E-state index in [1.807, 2.05) is 37.3 Å². The van der Waals surface area contributed by atoms with Gasteiger partial charge in [-0.1, -0.05) is 54.4 Å². The molecule has 2 rings (SSSR count). The largest absolute Gasteiger partial charge is 0.294 e. The lowest BCUT2D eigenvalue weighted by atomic mass is 9.96. The monoisotopic (exact) mass is 278 g/mol. The van der Waals surface area contributed by atoms with Gasteiger partial charge in [-0.25, -0.2) is 0 Å². The van der Waals surface area contributed by atoms with Crippen LogP contribution in [0, 0.1) is 0 Å². The maximum Gasteiger partial charge on any atom is 0.163 e. The van der Waals surface area contributed by atoms with Gasteiger partial charge in [0, 0.05) is 27.6 Å². The molecule has 0 aliphatic heterocycles. The molecular formula is C15H12Cl2O. The van der Waals surface area contributed by atoms with Crippen LogP contribution in [0.3, 0.4) is 0 Å². The number of carbonyl (C=O) groups is 1. The first-order chi connectivity index (χ1) is 8.63. The minimum Gasteiger partial charge on any atom is -0.294 e. The number of carbonyl (C=O) groups excluding carboxylic acids is 1. The lowest BCUT2D eigenvalue weighted by Crippen LogP contribution is -2.00. The van der Waals surface area contributed by atoms with Gasteiger partial charge in [-0.05, 0) is 23.8 Å². The summed E-state index contributed by atoms with van der Waals surface area (Å²) in [6.45, 7) is 1.83. The van der Waals surface area contributed by atoms with Gasteiger partial charge in [0.05, 0.1) is 0 Å². The molecule has 0 spiro atoms. The molecule has 0 saturated carbocycles. The summed E-state index contributed by atoms with van der Waals surface area (Å²) in [5, 5.41) is 1.19. The van der Waals surface area contributed by atoms with Crippen LogP contribution in [-0.2, 0) is 0 Å². The van der Waals surface area contributed by atoms with Gasteiger partial charge in [0.25, 0.3) is 0 Å². The molecule has 0 aliphatic rings. The van der Waals surface area contributed by atoms with Crippen LogP contribution in [0.4, 0.5) is 0 Å². The Morgan fingerprint density at radius 1 is 1.06 bits per heavy atom. The quantitative estimate of drug-likeness (QED) is 0.701. The first-order valence-corrected chi connectivity index (χ1v) is 6.46. The predicted octanol–water partition coefficient (Wildman–Crippen LogP) is 5.25. The second-order valence-corrected chi connectivity index (χ2v) is 4.79. The molecule has 0 N–H and O–H groups in total. The summed E-state index contributed by atoms with van der Waals surface area (Å²) in [5.74, 6) is 0.0624. The molecule has 0 unspecified atom stereocenters. The highest BCUT2D eigenvalue weighted by Gasteiger charge is 2.13. The van der Waals surface area contributed by atoms with Crippen LogP contribution in [0.15, 0.2) is 42.5 Å². The van der Waals surface area contributed by atoms with Crippen LogP contribution >= 0.6 is 23.2 Å². The lowest BCUT2D eigenvalue weighted by molar-refractivity contribution is 0.0989. The molecule has 0 bridgehead atoms. The van der Waals surface area contributed by atoms with E-state index in [9.17, 15) is 4.79 Å². The van der Waals surface area contributed by atoms with Crippen molar-refractivity contribution in [3.05, 3.63) is 58.1 Å². The molecule has 2 aromatic rings. The third kappa shape index (κ3) is 2.58. The van der Waals surface area contributed by atoms with Crippen LogP contribution in [0.25, 0.3) is 11.1 Å². The predicted molar refractivity (Wildman–Crippen MR) is 76.5 cm³/mol. The van der Waals surface area contributed by atoms with E-state index in [2.05, 4.69) is 0 Å². The zero-order valence-electron chi connectivity index (χ0n) is 9.91. The molecule has 0 atom stereocenters. The van der Waals surface area contributed by atoms with E-state index in [0.717, 1.165) is 11.1 Å². The van der Waals surface area contributed by atoms with Crippen LogP contribution < -0.4 is 0 Å². The van der Waals surface area contributed by atoms with Crippen molar-refractivity contribution < 1.29 is 4.79 Å². The van der Waals surface area contributed by atoms with Crippen molar-refractivity contribution in [2.75, 3.05) is 0 Å². The Kier molecular flexibility index (Phi) is 4.05. The average molecular weight is 279 g/mol. The van der Waals surface area contributed by atoms with E-state index in [1.54, 1.807) is 12.1 Å². The summed E-state index contributed by atoms with van der Waals surface area (Å²) >= 11 is 12.1. The normalized spacial score (nSPS) is 10.4. The van der Waals surface area contributed by atoms with Gasteiger partial charge in [0.1, 0.15) is 0 Å². The Morgan fingerprint density at radius 3 is 2.44 bits per heavy atom. The molecule has 0 aliphatic carbocycles. The molecule has 1 nitrogen and oxygen atoms in total.